The Balaban J connectivity index is 1.43. The van der Waals surface area contributed by atoms with E-state index in [1.807, 2.05) is 12.1 Å². The number of benzene rings is 1. The Hall–Kier alpha value is -1.59. The molecule has 1 N–H and O–H groups in total. The second kappa shape index (κ2) is 10.8. The lowest BCUT2D eigenvalue weighted by Gasteiger charge is -2.33. The molecule has 1 saturated heterocycles. The third-order valence-electron chi connectivity index (χ3n) is 4.40. The number of rotatable bonds is 7. The van der Waals surface area contributed by atoms with Crippen LogP contribution in [0, 0.1) is 0 Å². The third-order valence-corrected chi connectivity index (χ3v) is 6.00. The zero-order chi connectivity index (χ0) is 22.4. The van der Waals surface area contributed by atoms with Gasteiger partial charge in [-0.05, 0) is 23.8 Å². The molecule has 31 heavy (non-hydrogen) atoms. The standard InChI is InChI=1S/C19H19Cl2F3N4O2S/c20-14-2-1-12(7-15(14)21)9-28-5-6-30-13(10-28)8-26-17(29)11-31-18-25-4-3-16(27-18)19(22,23)24/h1-4,7,13H,5-6,8-11H2,(H,26,29). The Morgan fingerprint density at radius 1 is 1.29 bits per heavy atom. The van der Waals surface area contributed by atoms with Gasteiger partial charge in [0.05, 0.1) is 28.5 Å². The zero-order valence-electron chi connectivity index (χ0n) is 16.2. The van der Waals surface area contributed by atoms with Crippen LogP contribution in [0.4, 0.5) is 13.2 Å². The average Bonchev–Trinajstić information content (AvgIpc) is 2.73. The summed E-state index contributed by atoms with van der Waals surface area (Å²) >= 11 is 12.8. The van der Waals surface area contributed by atoms with Gasteiger partial charge in [0.1, 0.15) is 5.69 Å². The van der Waals surface area contributed by atoms with Crippen molar-refractivity contribution < 1.29 is 22.7 Å². The van der Waals surface area contributed by atoms with Crippen LogP contribution >= 0.6 is 35.0 Å². The second-order valence-electron chi connectivity index (χ2n) is 6.79. The molecule has 0 aliphatic carbocycles. The Bertz CT molecular complexity index is 920. The minimum Gasteiger partial charge on any atom is -0.374 e. The maximum Gasteiger partial charge on any atom is 0.433 e. The van der Waals surface area contributed by atoms with Crippen molar-refractivity contribution in [2.24, 2.45) is 0 Å². The Labute approximate surface area is 191 Å². The summed E-state index contributed by atoms with van der Waals surface area (Å²) in [4.78, 5) is 21.4. The number of thioether (sulfide) groups is 1. The molecule has 1 unspecified atom stereocenters. The van der Waals surface area contributed by atoms with Gasteiger partial charge in [-0.1, -0.05) is 41.0 Å². The summed E-state index contributed by atoms with van der Waals surface area (Å²) in [7, 11) is 0. The van der Waals surface area contributed by atoms with E-state index in [-0.39, 0.29) is 22.9 Å². The molecule has 0 saturated carbocycles. The Kier molecular flexibility index (Phi) is 8.40. The average molecular weight is 495 g/mol. The number of aromatic nitrogens is 2. The van der Waals surface area contributed by atoms with Gasteiger partial charge in [-0.15, -0.1) is 0 Å². The van der Waals surface area contributed by atoms with E-state index < -0.39 is 11.9 Å². The minimum absolute atomic E-state index is 0.0962. The maximum atomic E-state index is 12.7. The topological polar surface area (TPSA) is 67.4 Å². The van der Waals surface area contributed by atoms with Gasteiger partial charge in [0.25, 0.3) is 0 Å². The molecular weight excluding hydrogens is 476 g/mol. The van der Waals surface area contributed by atoms with Gasteiger partial charge in [-0.2, -0.15) is 13.2 Å². The maximum absolute atomic E-state index is 12.7. The minimum atomic E-state index is -4.55. The van der Waals surface area contributed by atoms with Crippen LogP contribution < -0.4 is 5.32 Å². The number of amides is 1. The van der Waals surface area contributed by atoms with Gasteiger partial charge in [0.15, 0.2) is 5.16 Å². The summed E-state index contributed by atoms with van der Waals surface area (Å²) < 4.78 is 43.8. The Morgan fingerprint density at radius 3 is 2.84 bits per heavy atom. The molecule has 1 aromatic carbocycles. The quantitative estimate of drug-likeness (QED) is 0.464. The smallest absolute Gasteiger partial charge is 0.374 e. The summed E-state index contributed by atoms with van der Waals surface area (Å²) in [6, 6.07) is 6.27. The SMILES string of the molecule is O=C(CSc1nccc(C(F)(F)F)n1)NCC1CN(Cc2ccc(Cl)c(Cl)c2)CCO1. The third kappa shape index (κ3) is 7.50. The molecule has 3 rings (SSSR count). The molecule has 6 nitrogen and oxygen atoms in total. The van der Waals surface area contributed by atoms with Crippen LogP contribution in [0.15, 0.2) is 35.6 Å². The molecule has 168 valence electrons. The van der Waals surface area contributed by atoms with E-state index in [4.69, 9.17) is 27.9 Å². The molecule has 2 aromatic rings. The van der Waals surface area contributed by atoms with Crippen molar-refractivity contribution in [3.63, 3.8) is 0 Å². The summed E-state index contributed by atoms with van der Waals surface area (Å²) in [5, 5.41) is 3.64. The molecule has 1 aliphatic rings. The molecule has 1 fully saturated rings. The lowest BCUT2D eigenvalue weighted by Crippen LogP contribution is -2.47. The molecule has 1 aliphatic heterocycles. The molecule has 1 aromatic heterocycles. The van der Waals surface area contributed by atoms with Gasteiger partial charge >= 0.3 is 6.18 Å². The van der Waals surface area contributed by atoms with Gasteiger partial charge in [0.2, 0.25) is 5.91 Å². The van der Waals surface area contributed by atoms with E-state index in [1.54, 1.807) is 6.07 Å². The van der Waals surface area contributed by atoms with Crippen LogP contribution in [-0.2, 0) is 22.3 Å². The molecule has 0 bridgehead atoms. The largest absolute Gasteiger partial charge is 0.433 e. The highest BCUT2D eigenvalue weighted by Gasteiger charge is 2.32. The molecule has 2 heterocycles. The first-order chi connectivity index (χ1) is 14.7. The van der Waals surface area contributed by atoms with Gasteiger partial charge in [-0.25, -0.2) is 9.97 Å². The number of ether oxygens (including phenoxy) is 1. The fourth-order valence-corrected chi connectivity index (χ4v) is 3.90. The van der Waals surface area contributed by atoms with Crippen molar-refractivity contribution >= 4 is 40.9 Å². The van der Waals surface area contributed by atoms with E-state index in [9.17, 15) is 18.0 Å². The van der Waals surface area contributed by atoms with Crippen molar-refractivity contribution in [2.45, 2.75) is 24.0 Å². The van der Waals surface area contributed by atoms with Crippen molar-refractivity contribution in [3.8, 4) is 0 Å². The monoisotopic (exact) mass is 494 g/mol. The summed E-state index contributed by atoms with van der Waals surface area (Å²) in [5.74, 6) is -0.433. The number of morpholine rings is 1. The fourth-order valence-electron chi connectivity index (χ4n) is 2.92. The van der Waals surface area contributed by atoms with E-state index in [0.29, 0.717) is 36.3 Å². The van der Waals surface area contributed by atoms with Crippen LogP contribution in [0.1, 0.15) is 11.3 Å². The second-order valence-corrected chi connectivity index (χ2v) is 8.55. The number of alkyl halides is 3. The predicted molar refractivity (Wildman–Crippen MR) is 112 cm³/mol. The van der Waals surface area contributed by atoms with E-state index >= 15 is 0 Å². The van der Waals surface area contributed by atoms with Crippen molar-refractivity contribution in [3.05, 3.63) is 51.8 Å². The summed E-state index contributed by atoms with van der Waals surface area (Å²) in [6.45, 7) is 2.85. The van der Waals surface area contributed by atoms with Gasteiger partial charge in [-0.3, -0.25) is 9.69 Å². The number of hydrogen-bond acceptors (Lipinski definition) is 6. The highest BCUT2D eigenvalue weighted by atomic mass is 35.5. The number of nitrogens with zero attached hydrogens (tertiary/aromatic N) is 3. The van der Waals surface area contributed by atoms with Gasteiger partial charge < -0.3 is 10.1 Å². The molecule has 12 heteroatoms. The molecule has 0 radical (unpaired) electrons. The number of carbonyl (C=O) groups excluding carboxylic acids is 1. The van der Waals surface area contributed by atoms with Crippen molar-refractivity contribution in [1.82, 2.24) is 20.2 Å². The fraction of sp³-hybridized carbons (Fsp3) is 0.421. The van der Waals surface area contributed by atoms with Crippen LogP contribution in [0.5, 0.6) is 0 Å². The normalized spacial score (nSPS) is 17.5. The lowest BCUT2D eigenvalue weighted by molar-refractivity contribution is -0.141. The highest BCUT2D eigenvalue weighted by Crippen LogP contribution is 2.28. The lowest BCUT2D eigenvalue weighted by atomic mass is 10.2. The van der Waals surface area contributed by atoms with E-state index in [1.165, 1.54) is 0 Å². The van der Waals surface area contributed by atoms with Crippen LogP contribution in [0.2, 0.25) is 10.0 Å². The van der Waals surface area contributed by atoms with Crippen LogP contribution in [-0.4, -0.2) is 58.9 Å². The first-order valence-corrected chi connectivity index (χ1v) is 11.0. The summed E-state index contributed by atoms with van der Waals surface area (Å²) in [5.41, 5.74) is -0.0142. The molecular formula is C19H19Cl2F3N4O2S. The first-order valence-electron chi connectivity index (χ1n) is 9.28. The number of halogens is 5. The summed E-state index contributed by atoms with van der Waals surface area (Å²) in [6.07, 6.45) is -3.73. The van der Waals surface area contributed by atoms with Crippen LogP contribution in [0.3, 0.4) is 0 Å². The zero-order valence-corrected chi connectivity index (χ0v) is 18.5. The van der Waals surface area contributed by atoms with Crippen molar-refractivity contribution in [2.75, 3.05) is 32.0 Å². The predicted octanol–water partition coefficient (Wildman–Crippen LogP) is 3.91. The number of hydrogen-bond donors (Lipinski definition) is 1. The highest BCUT2D eigenvalue weighted by molar-refractivity contribution is 7.99. The number of carbonyl (C=O) groups is 1. The number of nitrogens with one attached hydrogen (secondary N) is 1. The molecule has 1 atom stereocenters. The first kappa shape index (κ1) is 24.1. The van der Waals surface area contributed by atoms with E-state index in [0.717, 1.165) is 36.1 Å². The van der Waals surface area contributed by atoms with E-state index in [2.05, 4.69) is 20.2 Å². The van der Waals surface area contributed by atoms with Crippen molar-refractivity contribution in [1.29, 1.82) is 0 Å². The van der Waals surface area contributed by atoms with Crippen LogP contribution in [0.25, 0.3) is 0 Å². The molecule has 1 amide bonds. The molecule has 0 spiro atoms. The van der Waals surface area contributed by atoms with Gasteiger partial charge in [0, 0.05) is 32.4 Å². The Morgan fingerprint density at radius 2 is 2.10 bits per heavy atom.